The van der Waals surface area contributed by atoms with Crippen LogP contribution in [0.5, 0.6) is 0 Å². The van der Waals surface area contributed by atoms with Gasteiger partial charge < -0.3 is 11.1 Å². The molecule has 3 rings (SSSR count). The zero-order valence-corrected chi connectivity index (χ0v) is 11.3. The average Bonchev–Trinajstić information content (AvgIpc) is 2.32. The van der Waals surface area contributed by atoms with Crippen molar-refractivity contribution in [3.05, 3.63) is 35.9 Å². The highest BCUT2D eigenvalue weighted by atomic mass is 16.1. The molecule has 1 aliphatic carbocycles. The number of hydrogen-bond acceptors (Lipinski definition) is 2. The van der Waals surface area contributed by atoms with Gasteiger partial charge >= 0.3 is 0 Å². The van der Waals surface area contributed by atoms with Crippen LogP contribution < -0.4 is 11.1 Å². The molecule has 1 aromatic carbocycles. The van der Waals surface area contributed by atoms with E-state index < -0.39 is 0 Å². The molecule has 1 saturated carbocycles. The van der Waals surface area contributed by atoms with E-state index in [9.17, 15) is 4.79 Å². The Balaban J connectivity index is 1.50. The molecule has 1 aromatic rings. The Bertz CT molecular complexity index is 455. The number of hydrogen-bond donors (Lipinski definition) is 2. The van der Waals surface area contributed by atoms with Crippen LogP contribution in [0.1, 0.15) is 31.2 Å². The monoisotopic (exact) mass is 258 g/mol. The molecule has 3 heteroatoms. The second kappa shape index (κ2) is 4.97. The smallest absolute Gasteiger partial charge is 0.221 e. The van der Waals surface area contributed by atoms with Crippen LogP contribution in [0.2, 0.25) is 0 Å². The number of primary amides is 1. The number of aryl methyl sites for hydroxylation is 1. The number of amides is 1. The summed E-state index contributed by atoms with van der Waals surface area (Å²) in [5.74, 6) is 0.0243. The molecule has 3 unspecified atom stereocenters. The van der Waals surface area contributed by atoms with Gasteiger partial charge in [-0.1, -0.05) is 30.3 Å². The first-order valence-electron chi connectivity index (χ1n) is 7.29. The third-order valence-corrected chi connectivity index (χ3v) is 5.11. The minimum absolute atomic E-state index is 0.0965. The van der Waals surface area contributed by atoms with E-state index in [4.69, 9.17) is 5.73 Å². The summed E-state index contributed by atoms with van der Waals surface area (Å²) in [5, 5.41) is 3.50. The highest BCUT2D eigenvalue weighted by Crippen LogP contribution is 2.54. The third-order valence-electron chi connectivity index (χ3n) is 5.11. The summed E-state index contributed by atoms with van der Waals surface area (Å²) in [5.41, 5.74) is 7.11. The number of carbonyl (C=O) groups excluding carboxylic acids is 1. The molecule has 2 aliphatic rings. The summed E-state index contributed by atoms with van der Waals surface area (Å²) >= 11 is 0. The minimum Gasteiger partial charge on any atom is -0.369 e. The lowest BCUT2D eigenvalue weighted by Crippen LogP contribution is -2.71. The second-order valence-electron chi connectivity index (χ2n) is 6.04. The SMILES string of the molecule is NC(=O)C1CCC12CNC2CCCc1ccccc1. The summed E-state index contributed by atoms with van der Waals surface area (Å²) in [6.07, 6.45) is 5.61. The molecule has 3 N–H and O–H groups in total. The summed E-state index contributed by atoms with van der Waals surface area (Å²) in [7, 11) is 0. The van der Waals surface area contributed by atoms with E-state index in [0.29, 0.717) is 6.04 Å². The lowest BCUT2D eigenvalue weighted by molar-refractivity contribution is -0.144. The van der Waals surface area contributed by atoms with Crippen molar-refractivity contribution in [1.82, 2.24) is 5.32 Å². The van der Waals surface area contributed by atoms with Gasteiger partial charge in [0.1, 0.15) is 0 Å². The van der Waals surface area contributed by atoms with Crippen molar-refractivity contribution in [2.45, 2.75) is 38.1 Å². The molecule has 0 aromatic heterocycles. The van der Waals surface area contributed by atoms with E-state index in [1.165, 1.54) is 18.4 Å². The fourth-order valence-corrected chi connectivity index (χ4v) is 3.77. The Kier molecular flexibility index (Phi) is 3.31. The normalized spacial score (nSPS) is 32.6. The molecule has 1 amide bonds. The maximum Gasteiger partial charge on any atom is 0.221 e. The first-order valence-corrected chi connectivity index (χ1v) is 7.29. The van der Waals surface area contributed by atoms with Crippen molar-refractivity contribution >= 4 is 5.91 Å². The first-order chi connectivity index (χ1) is 9.22. The minimum atomic E-state index is -0.0965. The van der Waals surface area contributed by atoms with Gasteiger partial charge in [-0.3, -0.25) is 4.79 Å². The van der Waals surface area contributed by atoms with Crippen LogP contribution in [-0.2, 0) is 11.2 Å². The number of carbonyl (C=O) groups is 1. The Morgan fingerprint density at radius 1 is 1.37 bits per heavy atom. The quantitative estimate of drug-likeness (QED) is 0.847. The molecule has 1 spiro atoms. The zero-order chi connectivity index (χ0) is 13.3. The van der Waals surface area contributed by atoms with Gasteiger partial charge in [-0.15, -0.1) is 0 Å². The van der Waals surface area contributed by atoms with Crippen molar-refractivity contribution in [2.24, 2.45) is 17.1 Å². The van der Waals surface area contributed by atoms with E-state index in [2.05, 4.69) is 35.6 Å². The van der Waals surface area contributed by atoms with E-state index in [1.54, 1.807) is 0 Å². The standard InChI is InChI=1S/C16H22N2O/c17-15(19)13-9-10-16(13)11-18-14(16)8-4-7-12-5-2-1-3-6-12/h1-3,5-6,13-14,18H,4,7-11H2,(H2,17,19). The Morgan fingerprint density at radius 3 is 2.68 bits per heavy atom. The van der Waals surface area contributed by atoms with Gasteiger partial charge in [0.15, 0.2) is 0 Å². The van der Waals surface area contributed by atoms with Crippen LogP contribution in [0.3, 0.4) is 0 Å². The molecule has 3 nitrogen and oxygen atoms in total. The average molecular weight is 258 g/mol. The lowest BCUT2D eigenvalue weighted by Gasteiger charge is -2.60. The van der Waals surface area contributed by atoms with Crippen LogP contribution in [0.25, 0.3) is 0 Å². The van der Waals surface area contributed by atoms with E-state index in [0.717, 1.165) is 25.8 Å². The molecule has 2 fully saturated rings. The van der Waals surface area contributed by atoms with Crippen molar-refractivity contribution in [3.63, 3.8) is 0 Å². The molecular weight excluding hydrogens is 236 g/mol. The molecule has 3 atom stereocenters. The second-order valence-corrected chi connectivity index (χ2v) is 6.04. The maximum atomic E-state index is 11.4. The van der Waals surface area contributed by atoms with Crippen molar-refractivity contribution < 1.29 is 4.79 Å². The molecule has 102 valence electrons. The van der Waals surface area contributed by atoms with Crippen LogP contribution in [0, 0.1) is 11.3 Å². The van der Waals surface area contributed by atoms with Crippen molar-refractivity contribution in [3.8, 4) is 0 Å². The number of benzene rings is 1. The summed E-state index contributed by atoms with van der Waals surface area (Å²) in [6.45, 7) is 0.983. The third kappa shape index (κ3) is 2.16. The molecule has 19 heavy (non-hydrogen) atoms. The predicted molar refractivity (Wildman–Crippen MR) is 75.5 cm³/mol. The maximum absolute atomic E-state index is 11.4. The van der Waals surface area contributed by atoms with Gasteiger partial charge in [-0.2, -0.15) is 0 Å². The summed E-state index contributed by atoms with van der Waals surface area (Å²) < 4.78 is 0. The van der Waals surface area contributed by atoms with Gasteiger partial charge in [0.2, 0.25) is 5.91 Å². The van der Waals surface area contributed by atoms with Crippen LogP contribution >= 0.6 is 0 Å². The topological polar surface area (TPSA) is 55.1 Å². The van der Waals surface area contributed by atoms with E-state index in [-0.39, 0.29) is 17.2 Å². The zero-order valence-electron chi connectivity index (χ0n) is 11.3. The Hall–Kier alpha value is -1.35. The largest absolute Gasteiger partial charge is 0.369 e. The fraction of sp³-hybridized carbons (Fsp3) is 0.562. The molecule has 1 saturated heterocycles. The highest BCUT2D eigenvalue weighted by Gasteiger charge is 2.58. The molecular formula is C16H22N2O. The van der Waals surface area contributed by atoms with E-state index in [1.807, 2.05) is 0 Å². The van der Waals surface area contributed by atoms with Gasteiger partial charge in [0.05, 0.1) is 0 Å². The van der Waals surface area contributed by atoms with Gasteiger partial charge in [0, 0.05) is 23.9 Å². The van der Waals surface area contributed by atoms with Crippen molar-refractivity contribution in [2.75, 3.05) is 6.54 Å². The Morgan fingerprint density at radius 2 is 2.16 bits per heavy atom. The van der Waals surface area contributed by atoms with Gasteiger partial charge in [-0.25, -0.2) is 0 Å². The molecule has 0 bridgehead atoms. The number of rotatable bonds is 5. The predicted octanol–water partition coefficient (Wildman–Crippen LogP) is 1.86. The van der Waals surface area contributed by atoms with E-state index >= 15 is 0 Å². The fourth-order valence-electron chi connectivity index (χ4n) is 3.77. The van der Waals surface area contributed by atoms with Crippen LogP contribution in [0.4, 0.5) is 0 Å². The van der Waals surface area contributed by atoms with Gasteiger partial charge in [0.25, 0.3) is 0 Å². The molecule has 1 aliphatic heterocycles. The van der Waals surface area contributed by atoms with Crippen LogP contribution in [0.15, 0.2) is 30.3 Å². The molecule has 1 heterocycles. The van der Waals surface area contributed by atoms with Gasteiger partial charge in [-0.05, 0) is 37.7 Å². The first kappa shape index (κ1) is 12.7. The summed E-state index contributed by atoms with van der Waals surface area (Å²) in [4.78, 5) is 11.4. The number of nitrogens with two attached hydrogens (primary N) is 1. The summed E-state index contributed by atoms with van der Waals surface area (Å²) in [6, 6.07) is 11.1. The van der Waals surface area contributed by atoms with Crippen LogP contribution in [-0.4, -0.2) is 18.5 Å². The Labute approximate surface area is 114 Å². The highest BCUT2D eigenvalue weighted by molar-refractivity contribution is 5.79. The number of nitrogens with one attached hydrogen (secondary N) is 1. The lowest BCUT2D eigenvalue weighted by atomic mass is 9.51. The van der Waals surface area contributed by atoms with Crippen molar-refractivity contribution in [1.29, 1.82) is 0 Å². The molecule has 0 radical (unpaired) electrons.